The van der Waals surface area contributed by atoms with Crippen LogP contribution in [0.2, 0.25) is 0 Å². The van der Waals surface area contributed by atoms with Crippen LogP contribution in [0.3, 0.4) is 0 Å². The summed E-state index contributed by atoms with van der Waals surface area (Å²) in [6, 6.07) is 6.16. The number of pyridine rings is 1. The van der Waals surface area contributed by atoms with Gasteiger partial charge in [-0.3, -0.25) is 33.5 Å². The van der Waals surface area contributed by atoms with Gasteiger partial charge in [0.15, 0.2) is 0 Å². The summed E-state index contributed by atoms with van der Waals surface area (Å²) in [6.07, 6.45) is 4.15. The molecule has 0 spiro atoms. The zero-order valence-corrected chi connectivity index (χ0v) is 34.7. The summed E-state index contributed by atoms with van der Waals surface area (Å²) in [5.41, 5.74) is 0.173. The van der Waals surface area contributed by atoms with E-state index in [1.54, 1.807) is 0 Å². The standard InChI is InChI=1S/C37H41N7O15S3/c45-25-7-10-28(60(50,51)52)19-1-4-22(41-31(19)25)34-37(59-34)40-15-18-44(16-13-38-35(48)23-5-2-20-29(61(53,54)55)11-8-26(46)32(20)42-23)17-14-39-36(49)24-6-3-21-30(62(56,57)58)12-9-27(47)33(21)43-24/h1-2,4-11,21,23,30,34,37,40,42,45-47H,3,12-18H2,(H,38,48)(H,39,49)(H,50,51,52)(H,53,54,55)(H,56,57,58). The lowest BCUT2D eigenvalue weighted by molar-refractivity contribution is -0.121. The van der Waals surface area contributed by atoms with Crippen LogP contribution < -0.4 is 21.3 Å². The number of phenolic OH excluding ortho intramolecular Hbond substituents is 2. The maximum atomic E-state index is 13.2. The Morgan fingerprint density at radius 2 is 1.50 bits per heavy atom. The Kier molecular flexibility index (Phi) is 12.5. The fraction of sp³-hybridized carbons (Fsp3) is 0.351. The van der Waals surface area contributed by atoms with Gasteiger partial charge in [-0.05, 0) is 55.3 Å². The number of hydrogen-bond acceptors (Lipinski definition) is 17. The highest BCUT2D eigenvalue weighted by molar-refractivity contribution is 7.86. The van der Waals surface area contributed by atoms with Gasteiger partial charge in [-0.1, -0.05) is 18.2 Å². The number of amides is 2. The van der Waals surface area contributed by atoms with Crippen molar-refractivity contribution in [2.45, 2.75) is 46.3 Å². The molecule has 7 rings (SSSR count). The van der Waals surface area contributed by atoms with E-state index in [0.29, 0.717) is 18.8 Å². The fourth-order valence-corrected chi connectivity index (χ4v) is 9.83. The Bertz CT molecular complexity index is 2790. The second kappa shape index (κ2) is 17.3. The molecule has 0 saturated carbocycles. The van der Waals surface area contributed by atoms with Gasteiger partial charge < -0.3 is 36.0 Å². The lowest BCUT2D eigenvalue weighted by Gasteiger charge is -2.30. The molecule has 4 heterocycles. The SMILES string of the molecule is O=C(NCCN(CCNC(=O)C1C=Cc2c(S(=O)(=O)O)ccc(O)c2N1)CCNC1OC1c1ccc2c(S(=O)(=O)O)ccc(O)c2n1)C1=CCC2C(=N1)C(O)=CCC2S(=O)(=O)O. The van der Waals surface area contributed by atoms with Crippen molar-refractivity contribution in [3.63, 3.8) is 0 Å². The molecule has 2 aromatic carbocycles. The van der Waals surface area contributed by atoms with Gasteiger partial charge in [0.1, 0.15) is 56.6 Å². The van der Waals surface area contributed by atoms with E-state index in [1.165, 1.54) is 36.4 Å². The molecule has 332 valence electrons. The van der Waals surface area contributed by atoms with Crippen LogP contribution in [0.15, 0.2) is 80.9 Å². The van der Waals surface area contributed by atoms with Crippen molar-refractivity contribution in [3.05, 3.63) is 77.3 Å². The van der Waals surface area contributed by atoms with E-state index in [1.807, 2.05) is 4.90 Å². The number of carbonyl (C=O) groups excluding carboxylic acids is 2. The molecule has 4 aliphatic rings. The molecule has 10 N–H and O–H groups in total. The molecule has 1 aliphatic carbocycles. The molecular weight excluding hydrogens is 879 g/mol. The van der Waals surface area contributed by atoms with Crippen molar-refractivity contribution in [2.75, 3.05) is 44.6 Å². The normalized spacial score (nSPS) is 22.1. The van der Waals surface area contributed by atoms with Crippen LogP contribution in [0.25, 0.3) is 17.0 Å². The molecule has 22 nitrogen and oxygen atoms in total. The minimum Gasteiger partial charge on any atom is -0.506 e. The average molecular weight is 920 g/mol. The van der Waals surface area contributed by atoms with Crippen molar-refractivity contribution in [1.29, 1.82) is 0 Å². The Morgan fingerprint density at radius 3 is 2.21 bits per heavy atom. The maximum absolute atomic E-state index is 13.2. The first-order valence-corrected chi connectivity index (χ1v) is 23.3. The Balaban J connectivity index is 0.973. The Hall–Kier alpha value is -5.51. The molecule has 5 unspecified atom stereocenters. The number of phenols is 2. The van der Waals surface area contributed by atoms with Crippen LogP contribution in [-0.2, 0) is 44.7 Å². The summed E-state index contributed by atoms with van der Waals surface area (Å²) in [6.45, 7) is 1.30. The number of nitrogens with one attached hydrogen (secondary N) is 4. The summed E-state index contributed by atoms with van der Waals surface area (Å²) >= 11 is 0. The van der Waals surface area contributed by atoms with E-state index < -0.39 is 81.5 Å². The van der Waals surface area contributed by atoms with Crippen LogP contribution in [0.5, 0.6) is 11.5 Å². The van der Waals surface area contributed by atoms with Crippen LogP contribution in [0.4, 0.5) is 5.69 Å². The molecule has 2 amide bonds. The first-order chi connectivity index (χ1) is 29.2. The summed E-state index contributed by atoms with van der Waals surface area (Å²) in [7, 11) is -13.7. The van der Waals surface area contributed by atoms with Gasteiger partial charge >= 0.3 is 0 Å². The van der Waals surface area contributed by atoms with Gasteiger partial charge in [0.2, 0.25) is 5.91 Å². The zero-order valence-electron chi connectivity index (χ0n) is 32.2. The first-order valence-electron chi connectivity index (χ1n) is 18.9. The summed E-state index contributed by atoms with van der Waals surface area (Å²) < 4.78 is 106. The Morgan fingerprint density at radius 1 is 0.823 bits per heavy atom. The van der Waals surface area contributed by atoms with Gasteiger partial charge in [-0.2, -0.15) is 25.3 Å². The third kappa shape index (κ3) is 9.74. The quantitative estimate of drug-likeness (QED) is 0.0535. The molecule has 1 fully saturated rings. The molecule has 5 atom stereocenters. The van der Waals surface area contributed by atoms with Crippen LogP contribution in [0.1, 0.15) is 30.2 Å². The van der Waals surface area contributed by atoms with Gasteiger partial charge in [0.25, 0.3) is 36.3 Å². The van der Waals surface area contributed by atoms with Gasteiger partial charge in [-0.25, -0.2) is 9.98 Å². The number of aliphatic imine (C=N–C) groups is 1. The molecule has 3 aromatic rings. The van der Waals surface area contributed by atoms with Crippen LogP contribution >= 0.6 is 0 Å². The predicted molar refractivity (Wildman–Crippen MR) is 220 cm³/mol. The molecule has 3 aliphatic heterocycles. The van der Waals surface area contributed by atoms with Gasteiger partial charge in [-0.15, -0.1) is 0 Å². The number of allylic oxidation sites excluding steroid dienone is 3. The molecule has 1 aromatic heterocycles. The first kappa shape index (κ1) is 44.5. The van der Waals surface area contributed by atoms with Gasteiger partial charge in [0.05, 0.1) is 22.3 Å². The van der Waals surface area contributed by atoms with Crippen LogP contribution in [0, 0.1) is 5.92 Å². The number of aliphatic hydroxyl groups excluding tert-OH is 1. The topological polar surface area (TPSA) is 347 Å². The average Bonchev–Trinajstić information content (AvgIpc) is 3.99. The molecule has 62 heavy (non-hydrogen) atoms. The molecule has 25 heteroatoms. The minimum atomic E-state index is -4.63. The number of fused-ring (bicyclic) bond motifs is 3. The lowest BCUT2D eigenvalue weighted by atomic mass is 9.85. The second-order valence-corrected chi connectivity index (χ2v) is 19.1. The second-order valence-electron chi connectivity index (χ2n) is 14.6. The number of aliphatic hydroxyl groups is 1. The number of aromatic nitrogens is 1. The van der Waals surface area contributed by atoms with E-state index in [4.69, 9.17) is 4.74 Å². The Labute approximate surface area is 354 Å². The smallest absolute Gasteiger partial charge is 0.295 e. The monoisotopic (exact) mass is 919 g/mol. The molecule has 0 radical (unpaired) electrons. The van der Waals surface area contributed by atoms with Crippen molar-refractivity contribution >= 4 is 70.5 Å². The highest BCUT2D eigenvalue weighted by Gasteiger charge is 2.42. The number of ether oxygens (including phenoxy) is 1. The minimum absolute atomic E-state index is 0.0195. The fourth-order valence-electron chi connectivity index (χ4n) is 7.47. The highest BCUT2D eigenvalue weighted by atomic mass is 32.2. The number of anilines is 1. The van der Waals surface area contributed by atoms with Crippen LogP contribution in [-0.4, -0.2) is 138 Å². The van der Waals surface area contributed by atoms with Crippen molar-refractivity contribution in [2.24, 2.45) is 10.9 Å². The number of aromatic hydroxyl groups is 2. The highest BCUT2D eigenvalue weighted by Crippen LogP contribution is 2.39. The number of epoxide rings is 1. The lowest BCUT2D eigenvalue weighted by Crippen LogP contribution is -2.45. The predicted octanol–water partition coefficient (Wildman–Crippen LogP) is 0.615. The molecule has 1 saturated heterocycles. The zero-order chi connectivity index (χ0) is 44.7. The van der Waals surface area contributed by atoms with E-state index in [2.05, 4.69) is 31.2 Å². The maximum Gasteiger partial charge on any atom is 0.295 e. The largest absolute Gasteiger partial charge is 0.506 e. The van der Waals surface area contributed by atoms with Crippen molar-refractivity contribution in [1.82, 2.24) is 25.8 Å². The molecule has 0 bridgehead atoms. The summed E-state index contributed by atoms with van der Waals surface area (Å²) in [4.78, 5) is 35.9. The number of nitrogens with zero attached hydrogens (tertiary/aromatic N) is 3. The van der Waals surface area contributed by atoms with E-state index >= 15 is 0 Å². The third-order valence-electron chi connectivity index (χ3n) is 10.6. The van der Waals surface area contributed by atoms with Crippen molar-refractivity contribution in [3.8, 4) is 11.5 Å². The summed E-state index contributed by atoms with van der Waals surface area (Å²) in [5, 5.41) is 41.4. The van der Waals surface area contributed by atoms with E-state index in [0.717, 1.165) is 24.3 Å². The number of hydrogen-bond donors (Lipinski definition) is 10. The van der Waals surface area contributed by atoms with E-state index in [-0.39, 0.29) is 89.8 Å². The number of rotatable bonds is 16. The van der Waals surface area contributed by atoms with Gasteiger partial charge in [0, 0.05) is 56.1 Å². The van der Waals surface area contributed by atoms with E-state index in [9.17, 15) is 63.8 Å². The van der Waals surface area contributed by atoms with Crippen molar-refractivity contribution < 1.29 is 68.6 Å². The number of benzene rings is 2. The number of carbonyl (C=O) groups is 2. The third-order valence-corrected chi connectivity index (χ3v) is 13.7. The molecular formula is C37H41N7O15S3. The summed E-state index contributed by atoms with van der Waals surface area (Å²) in [5.74, 6) is -2.89.